The van der Waals surface area contributed by atoms with Gasteiger partial charge >= 0.3 is 5.97 Å². The van der Waals surface area contributed by atoms with E-state index in [4.69, 9.17) is 4.74 Å². The van der Waals surface area contributed by atoms with Gasteiger partial charge in [-0.2, -0.15) is 0 Å². The number of hydrogen-bond donors (Lipinski definition) is 2. The third-order valence-electron chi connectivity index (χ3n) is 4.72. The molecule has 3 unspecified atom stereocenters. The van der Waals surface area contributed by atoms with E-state index in [9.17, 15) is 14.7 Å². The lowest BCUT2D eigenvalue weighted by Gasteiger charge is -2.44. The molecule has 2 heterocycles. The van der Waals surface area contributed by atoms with Crippen LogP contribution in [0, 0.1) is 5.92 Å². The Morgan fingerprint density at radius 2 is 2.12 bits per heavy atom. The molecule has 0 aliphatic carbocycles. The summed E-state index contributed by atoms with van der Waals surface area (Å²) < 4.78 is 5.43. The summed E-state index contributed by atoms with van der Waals surface area (Å²) in [6, 6.07) is 9.27. The monoisotopic (exact) mass is 344 g/mol. The molecule has 6 heteroatoms. The Labute approximate surface area is 147 Å². The van der Waals surface area contributed by atoms with Crippen molar-refractivity contribution in [3.63, 3.8) is 0 Å². The average Bonchev–Trinajstić information content (AvgIpc) is 2.92. The van der Waals surface area contributed by atoms with Crippen molar-refractivity contribution < 1.29 is 19.4 Å². The number of aliphatic hydroxyl groups excluding tert-OH is 1. The number of esters is 1. The Bertz CT molecular complexity index is 684. The number of carbonyl (C=O) groups excluding carboxylic acids is 2. The van der Waals surface area contributed by atoms with Gasteiger partial charge < -0.3 is 15.2 Å². The van der Waals surface area contributed by atoms with Crippen LogP contribution in [0.1, 0.15) is 32.3 Å². The molecule has 2 aliphatic rings. The highest BCUT2D eigenvalue weighted by Gasteiger charge is 2.57. The van der Waals surface area contributed by atoms with Crippen LogP contribution in [0.3, 0.4) is 0 Å². The maximum absolute atomic E-state index is 12.6. The first kappa shape index (κ1) is 17.5. The second-order valence-corrected chi connectivity index (χ2v) is 6.56. The standard InChI is InChI=1S/C19H24N2O4/c1-3-9-20-14-10-15-16(12(2)22)18(23)21(15)17(14)19(24)25-11-13-7-5-4-6-8-13/h4-8,12,15-16,20,22H,3,9-11H2,1-2H3. The lowest BCUT2D eigenvalue weighted by molar-refractivity contribution is -0.162. The molecule has 25 heavy (non-hydrogen) atoms. The van der Waals surface area contributed by atoms with Gasteiger partial charge in [-0.15, -0.1) is 0 Å². The molecule has 0 bridgehead atoms. The van der Waals surface area contributed by atoms with Crippen LogP contribution in [0.25, 0.3) is 0 Å². The van der Waals surface area contributed by atoms with Gasteiger partial charge in [0.2, 0.25) is 5.91 Å². The third kappa shape index (κ3) is 3.26. The van der Waals surface area contributed by atoms with Gasteiger partial charge in [-0.1, -0.05) is 37.3 Å². The molecular weight excluding hydrogens is 320 g/mol. The van der Waals surface area contributed by atoms with Crippen molar-refractivity contribution in [3.8, 4) is 0 Å². The van der Waals surface area contributed by atoms with Crippen LogP contribution >= 0.6 is 0 Å². The summed E-state index contributed by atoms with van der Waals surface area (Å²) in [4.78, 5) is 26.5. The van der Waals surface area contributed by atoms with Crippen molar-refractivity contribution in [3.05, 3.63) is 47.3 Å². The normalized spacial score (nSPS) is 23.2. The summed E-state index contributed by atoms with van der Waals surface area (Å²) in [5.74, 6) is -1.15. The maximum atomic E-state index is 12.6. The van der Waals surface area contributed by atoms with Crippen LogP contribution in [0.15, 0.2) is 41.7 Å². The lowest BCUT2D eigenvalue weighted by atomic mass is 9.83. The van der Waals surface area contributed by atoms with Crippen LogP contribution in [0.5, 0.6) is 0 Å². The van der Waals surface area contributed by atoms with Gasteiger partial charge in [0.1, 0.15) is 12.3 Å². The number of fused-ring (bicyclic) bond motifs is 1. The van der Waals surface area contributed by atoms with E-state index in [0.717, 1.165) is 24.2 Å². The number of amides is 1. The van der Waals surface area contributed by atoms with Crippen molar-refractivity contribution in [1.82, 2.24) is 10.2 Å². The third-order valence-corrected chi connectivity index (χ3v) is 4.72. The Morgan fingerprint density at radius 3 is 2.76 bits per heavy atom. The fraction of sp³-hybridized carbons (Fsp3) is 0.474. The number of ether oxygens (including phenoxy) is 1. The molecule has 0 saturated carbocycles. The molecule has 134 valence electrons. The Kier molecular flexibility index (Phi) is 5.08. The number of rotatable bonds is 7. The summed E-state index contributed by atoms with van der Waals surface area (Å²) in [5, 5.41) is 13.1. The number of nitrogens with zero attached hydrogens (tertiary/aromatic N) is 1. The number of benzene rings is 1. The SMILES string of the molecule is CCCNC1=C(C(=O)OCc2ccccc2)N2C(=O)C(C(C)O)C2C1. The zero-order valence-electron chi connectivity index (χ0n) is 14.6. The number of β-lactam (4-membered cyclic amide) rings is 1. The highest BCUT2D eigenvalue weighted by Crippen LogP contribution is 2.43. The van der Waals surface area contributed by atoms with Gasteiger partial charge in [0.05, 0.1) is 18.1 Å². The first-order valence-electron chi connectivity index (χ1n) is 8.73. The van der Waals surface area contributed by atoms with Gasteiger partial charge in [-0.3, -0.25) is 9.69 Å². The van der Waals surface area contributed by atoms with E-state index in [-0.39, 0.29) is 18.6 Å². The van der Waals surface area contributed by atoms with E-state index < -0.39 is 18.0 Å². The average molecular weight is 344 g/mol. The van der Waals surface area contributed by atoms with Gasteiger partial charge in [-0.25, -0.2) is 4.79 Å². The van der Waals surface area contributed by atoms with Gasteiger partial charge in [0.15, 0.2) is 0 Å². The van der Waals surface area contributed by atoms with E-state index in [1.54, 1.807) is 6.92 Å². The molecule has 3 atom stereocenters. The van der Waals surface area contributed by atoms with E-state index in [1.165, 1.54) is 4.90 Å². The van der Waals surface area contributed by atoms with Crippen molar-refractivity contribution in [2.24, 2.45) is 5.92 Å². The van der Waals surface area contributed by atoms with Crippen LogP contribution < -0.4 is 5.32 Å². The number of nitrogens with one attached hydrogen (secondary N) is 1. The molecule has 0 spiro atoms. The molecule has 1 amide bonds. The molecule has 3 rings (SSSR count). The van der Waals surface area contributed by atoms with E-state index in [0.29, 0.717) is 12.1 Å². The van der Waals surface area contributed by atoms with Crippen molar-refractivity contribution >= 4 is 11.9 Å². The topological polar surface area (TPSA) is 78.9 Å². The first-order valence-corrected chi connectivity index (χ1v) is 8.73. The number of aliphatic hydroxyl groups is 1. The Balaban J connectivity index is 1.75. The summed E-state index contributed by atoms with van der Waals surface area (Å²) >= 11 is 0. The minimum Gasteiger partial charge on any atom is -0.456 e. The summed E-state index contributed by atoms with van der Waals surface area (Å²) in [7, 11) is 0. The molecule has 1 fully saturated rings. The predicted molar refractivity (Wildman–Crippen MR) is 92.0 cm³/mol. The van der Waals surface area contributed by atoms with Crippen molar-refractivity contribution in [2.75, 3.05) is 6.54 Å². The maximum Gasteiger partial charge on any atom is 0.357 e. The second-order valence-electron chi connectivity index (χ2n) is 6.56. The minimum absolute atomic E-state index is 0.161. The Hall–Kier alpha value is -2.34. The second kappa shape index (κ2) is 7.27. The molecule has 1 aromatic rings. The van der Waals surface area contributed by atoms with E-state index in [1.807, 2.05) is 37.3 Å². The van der Waals surface area contributed by atoms with Crippen LogP contribution in [0.2, 0.25) is 0 Å². The highest BCUT2D eigenvalue weighted by molar-refractivity contribution is 6.00. The Morgan fingerprint density at radius 1 is 1.40 bits per heavy atom. The minimum atomic E-state index is -0.721. The quantitative estimate of drug-likeness (QED) is 0.580. The largest absolute Gasteiger partial charge is 0.456 e. The van der Waals surface area contributed by atoms with E-state index in [2.05, 4.69) is 5.32 Å². The van der Waals surface area contributed by atoms with Crippen molar-refractivity contribution in [2.45, 2.75) is 45.4 Å². The van der Waals surface area contributed by atoms with Crippen LogP contribution in [-0.2, 0) is 20.9 Å². The molecule has 0 radical (unpaired) electrons. The zero-order chi connectivity index (χ0) is 18.0. The lowest BCUT2D eigenvalue weighted by Crippen LogP contribution is -2.61. The number of carbonyl (C=O) groups is 2. The molecule has 1 aromatic carbocycles. The number of hydrogen-bond acceptors (Lipinski definition) is 5. The summed E-state index contributed by atoms with van der Waals surface area (Å²) in [6.07, 6.45) is 0.742. The molecule has 6 nitrogen and oxygen atoms in total. The molecule has 2 aliphatic heterocycles. The molecular formula is C19H24N2O4. The predicted octanol–water partition coefficient (Wildman–Crippen LogP) is 1.55. The van der Waals surface area contributed by atoms with Crippen molar-refractivity contribution in [1.29, 1.82) is 0 Å². The first-order chi connectivity index (χ1) is 12.0. The molecule has 0 aromatic heterocycles. The summed E-state index contributed by atoms with van der Waals surface area (Å²) in [6.45, 7) is 4.54. The van der Waals surface area contributed by atoms with E-state index >= 15 is 0 Å². The van der Waals surface area contributed by atoms with Crippen LogP contribution in [0.4, 0.5) is 0 Å². The smallest absolute Gasteiger partial charge is 0.357 e. The highest BCUT2D eigenvalue weighted by atomic mass is 16.5. The fourth-order valence-corrected chi connectivity index (χ4v) is 3.49. The van der Waals surface area contributed by atoms with Gasteiger partial charge in [0.25, 0.3) is 0 Å². The molecule has 1 saturated heterocycles. The molecule has 2 N–H and O–H groups in total. The fourth-order valence-electron chi connectivity index (χ4n) is 3.49. The van der Waals surface area contributed by atoms with Crippen LogP contribution in [-0.4, -0.2) is 40.6 Å². The van der Waals surface area contributed by atoms with Gasteiger partial charge in [-0.05, 0) is 18.9 Å². The van der Waals surface area contributed by atoms with Gasteiger partial charge in [0, 0.05) is 18.7 Å². The zero-order valence-corrected chi connectivity index (χ0v) is 14.6. The summed E-state index contributed by atoms with van der Waals surface area (Å²) in [5.41, 5.74) is 1.93.